The zero-order valence-corrected chi connectivity index (χ0v) is 15.2. The molecule has 1 N–H and O–H groups in total. The van der Waals surface area contributed by atoms with Crippen molar-refractivity contribution in [3.8, 4) is 11.4 Å². The number of rotatable bonds is 3. The second-order valence-electron chi connectivity index (χ2n) is 7.32. The summed E-state index contributed by atoms with van der Waals surface area (Å²) < 4.78 is 44.1. The standard InChI is InChI=1S/C19H21F3N4O2/c20-19(21,22)13-6-3-5-12(11-13)16-24-17(28-25-16)15-9-4-10-26(15)18(27)23-14-7-1-2-8-14/h3,5-6,11,14-15H,1-2,4,7-10H2,(H,23,27)/t15-/m0/s1. The van der Waals surface area contributed by atoms with Gasteiger partial charge in [0.1, 0.15) is 6.04 Å². The van der Waals surface area contributed by atoms with Gasteiger partial charge in [-0.25, -0.2) is 4.79 Å². The summed E-state index contributed by atoms with van der Waals surface area (Å²) in [6.45, 7) is 0.588. The lowest BCUT2D eigenvalue weighted by molar-refractivity contribution is -0.137. The van der Waals surface area contributed by atoms with Crippen molar-refractivity contribution in [2.45, 2.75) is 56.8 Å². The Bertz CT molecular complexity index is 846. The maximum atomic E-state index is 12.9. The molecular weight excluding hydrogens is 373 g/mol. The van der Waals surface area contributed by atoms with E-state index in [2.05, 4.69) is 15.5 Å². The third-order valence-electron chi connectivity index (χ3n) is 5.37. The maximum Gasteiger partial charge on any atom is 0.416 e. The molecule has 6 nitrogen and oxygen atoms in total. The van der Waals surface area contributed by atoms with E-state index in [4.69, 9.17) is 4.52 Å². The van der Waals surface area contributed by atoms with Crippen LogP contribution in [0, 0.1) is 0 Å². The van der Waals surface area contributed by atoms with Gasteiger partial charge in [-0.2, -0.15) is 18.2 Å². The Morgan fingerprint density at radius 1 is 1.18 bits per heavy atom. The number of halogens is 3. The molecule has 0 spiro atoms. The van der Waals surface area contributed by atoms with E-state index in [1.807, 2.05) is 0 Å². The molecule has 150 valence electrons. The van der Waals surface area contributed by atoms with Gasteiger partial charge in [-0.1, -0.05) is 30.1 Å². The Morgan fingerprint density at radius 2 is 1.96 bits per heavy atom. The van der Waals surface area contributed by atoms with Gasteiger partial charge in [-0.15, -0.1) is 0 Å². The van der Waals surface area contributed by atoms with Crippen LogP contribution in [-0.2, 0) is 6.18 Å². The van der Waals surface area contributed by atoms with Gasteiger partial charge >= 0.3 is 12.2 Å². The highest BCUT2D eigenvalue weighted by Crippen LogP contribution is 2.34. The topological polar surface area (TPSA) is 71.3 Å². The second kappa shape index (κ2) is 7.44. The number of urea groups is 1. The molecule has 2 aromatic rings. The summed E-state index contributed by atoms with van der Waals surface area (Å²) in [7, 11) is 0. The highest BCUT2D eigenvalue weighted by Gasteiger charge is 2.35. The molecule has 1 atom stereocenters. The molecule has 1 aliphatic heterocycles. The van der Waals surface area contributed by atoms with Gasteiger partial charge in [-0.05, 0) is 37.8 Å². The summed E-state index contributed by atoms with van der Waals surface area (Å²) in [4.78, 5) is 18.6. The Balaban J connectivity index is 1.51. The predicted molar refractivity (Wildman–Crippen MR) is 94.2 cm³/mol. The molecule has 2 fully saturated rings. The number of aromatic nitrogens is 2. The maximum absolute atomic E-state index is 12.9. The van der Waals surface area contributed by atoms with Crippen molar-refractivity contribution < 1.29 is 22.5 Å². The quantitative estimate of drug-likeness (QED) is 0.829. The molecule has 0 unspecified atom stereocenters. The minimum Gasteiger partial charge on any atom is -0.337 e. The number of benzene rings is 1. The molecule has 0 radical (unpaired) electrons. The Hall–Kier alpha value is -2.58. The van der Waals surface area contributed by atoms with Crippen molar-refractivity contribution in [1.82, 2.24) is 20.4 Å². The molecule has 1 saturated carbocycles. The van der Waals surface area contributed by atoms with Gasteiger partial charge in [0.15, 0.2) is 0 Å². The Kier molecular flexibility index (Phi) is 4.99. The number of nitrogens with one attached hydrogen (secondary N) is 1. The van der Waals surface area contributed by atoms with E-state index in [0.29, 0.717) is 13.0 Å². The highest BCUT2D eigenvalue weighted by molar-refractivity contribution is 5.75. The van der Waals surface area contributed by atoms with Crippen LogP contribution in [0.2, 0.25) is 0 Å². The lowest BCUT2D eigenvalue weighted by Gasteiger charge is -2.24. The molecule has 4 rings (SSSR count). The zero-order chi connectivity index (χ0) is 19.7. The largest absolute Gasteiger partial charge is 0.416 e. The average Bonchev–Trinajstić information content (AvgIpc) is 3.41. The van der Waals surface area contributed by atoms with Crippen LogP contribution < -0.4 is 5.32 Å². The van der Waals surface area contributed by atoms with E-state index in [1.165, 1.54) is 12.1 Å². The van der Waals surface area contributed by atoms with E-state index < -0.39 is 11.7 Å². The number of amides is 2. The molecule has 1 saturated heterocycles. The van der Waals surface area contributed by atoms with Crippen molar-refractivity contribution >= 4 is 6.03 Å². The molecule has 0 bridgehead atoms. The van der Waals surface area contributed by atoms with Crippen LogP contribution in [-0.4, -0.2) is 33.7 Å². The summed E-state index contributed by atoms with van der Waals surface area (Å²) in [5.41, 5.74) is -0.542. The monoisotopic (exact) mass is 394 g/mol. The molecule has 1 aromatic heterocycles. The molecule has 1 aromatic carbocycles. The predicted octanol–water partition coefficient (Wildman–Crippen LogP) is 4.54. The molecular formula is C19H21F3N4O2. The first-order chi connectivity index (χ1) is 13.4. The third kappa shape index (κ3) is 3.83. The normalized spacial score (nSPS) is 20.7. The highest BCUT2D eigenvalue weighted by atomic mass is 19.4. The van der Waals surface area contributed by atoms with E-state index in [1.54, 1.807) is 4.90 Å². The fourth-order valence-corrected chi connectivity index (χ4v) is 3.92. The van der Waals surface area contributed by atoms with Crippen molar-refractivity contribution in [2.75, 3.05) is 6.54 Å². The van der Waals surface area contributed by atoms with Crippen molar-refractivity contribution in [3.63, 3.8) is 0 Å². The number of carbonyl (C=O) groups is 1. The third-order valence-corrected chi connectivity index (χ3v) is 5.37. The molecule has 2 aliphatic rings. The van der Waals surface area contributed by atoms with E-state index in [0.717, 1.165) is 44.2 Å². The second-order valence-corrected chi connectivity index (χ2v) is 7.32. The SMILES string of the molecule is O=C(NC1CCCC1)N1CCC[C@H]1c1nc(-c2cccc(C(F)(F)F)c2)no1. The van der Waals surface area contributed by atoms with Gasteiger partial charge in [0.25, 0.3) is 0 Å². The number of carbonyl (C=O) groups excluding carboxylic acids is 1. The number of hydrogen-bond donors (Lipinski definition) is 1. The van der Waals surface area contributed by atoms with Crippen LogP contribution >= 0.6 is 0 Å². The minimum absolute atomic E-state index is 0.0872. The molecule has 9 heteroatoms. The summed E-state index contributed by atoms with van der Waals surface area (Å²) in [5, 5.41) is 6.89. The van der Waals surface area contributed by atoms with Gasteiger partial charge < -0.3 is 14.7 Å². The van der Waals surface area contributed by atoms with Gasteiger partial charge in [0, 0.05) is 18.2 Å². The fraction of sp³-hybridized carbons (Fsp3) is 0.526. The smallest absolute Gasteiger partial charge is 0.337 e. The van der Waals surface area contributed by atoms with Crippen LogP contribution in [0.3, 0.4) is 0 Å². The average molecular weight is 394 g/mol. The van der Waals surface area contributed by atoms with Gasteiger partial charge in [0.2, 0.25) is 11.7 Å². The molecule has 28 heavy (non-hydrogen) atoms. The van der Waals surface area contributed by atoms with Crippen molar-refractivity contribution in [2.24, 2.45) is 0 Å². The number of hydrogen-bond acceptors (Lipinski definition) is 4. The number of nitrogens with zero attached hydrogens (tertiary/aromatic N) is 3. The van der Waals surface area contributed by atoms with Crippen molar-refractivity contribution in [1.29, 1.82) is 0 Å². The summed E-state index contributed by atoms with van der Waals surface area (Å²) in [5.74, 6) is 0.343. The van der Waals surface area contributed by atoms with Crippen LogP contribution in [0.5, 0.6) is 0 Å². The lowest BCUT2D eigenvalue weighted by atomic mass is 10.1. The minimum atomic E-state index is -4.44. The summed E-state index contributed by atoms with van der Waals surface area (Å²) in [6.07, 6.45) is 1.28. The fourth-order valence-electron chi connectivity index (χ4n) is 3.92. The first-order valence-electron chi connectivity index (χ1n) is 9.50. The molecule has 1 aliphatic carbocycles. The van der Waals surface area contributed by atoms with Crippen LogP contribution in [0.25, 0.3) is 11.4 Å². The van der Waals surface area contributed by atoms with E-state index >= 15 is 0 Å². The number of alkyl halides is 3. The summed E-state index contributed by atoms with van der Waals surface area (Å²) >= 11 is 0. The zero-order valence-electron chi connectivity index (χ0n) is 15.2. The lowest BCUT2D eigenvalue weighted by Crippen LogP contribution is -2.43. The van der Waals surface area contributed by atoms with E-state index in [-0.39, 0.29) is 35.4 Å². The van der Waals surface area contributed by atoms with Gasteiger partial charge in [-0.3, -0.25) is 0 Å². The Labute approximate surface area is 160 Å². The van der Waals surface area contributed by atoms with Crippen molar-refractivity contribution in [3.05, 3.63) is 35.7 Å². The van der Waals surface area contributed by atoms with Gasteiger partial charge in [0.05, 0.1) is 5.56 Å². The first-order valence-corrected chi connectivity index (χ1v) is 9.50. The molecule has 2 amide bonds. The van der Waals surface area contributed by atoms with E-state index in [9.17, 15) is 18.0 Å². The van der Waals surface area contributed by atoms with Crippen LogP contribution in [0.15, 0.2) is 28.8 Å². The van der Waals surface area contributed by atoms with Crippen LogP contribution in [0.4, 0.5) is 18.0 Å². The van der Waals surface area contributed by atoms with Crippen LogP contribution in [0.1, 0.15) is 56.0 Å². The Morgan fingerprint density at radius 3 is 2.71 bits per heavy atom. The number of likely N-dealkylation sites (tertiary alicyclic amines) is 1. The molecule has 2 heterocycles. The summed E-state index contributed by atoms with van der Waals surface area (Å²) in [6, 6.07) is 4.51. The first kappa shape index (κ1) is 18.8.